The lowest BCUT2D eigenvalue weighted by atomic mass is 10.2. The van der Waals surface area contributed by atoms with E-state index in [0.29, 0.717) is 43.4 Å². The van der Waals surface area contributed by atoms with Crippen molar-refractivity contribution in [2.75, 3.05) is 48.4 Å². The van der Waals surface area contributed by atoms with Gasteiger partial charge in [0.15, 0.2) is 0 Å². The third kappa shape index (κ3) is 5.67. The van der Waals surface area contributed by atoms with Crippen LogP contribution in [0.25, 0.3) is 0 Å². The molecule has 0 saturated carbocycles. The predicted molar refractivity (Wildman–Crippen MR) is 146 cm³/mol. The Labute approximate surface area is 219 Å². The molecule has 0 spiro atoms. The number of benzene rings is 3. The van der Waals surface area contributed by atoms with E-state index in [-0.39, 0.29) is 11.5 Å². The number of hydrogen-bond donors (Lipinski definition) is 1. The highest BCUT2D eigenvalue weighted by molar-refractivity contribution is 5.75. The van der Waals surface area contributed by atoms with Gasteiger partial charge in [-0.2, -0.15) is 10.2 Å². The quantitative estimate of drug-likeness (QED) is 0.177. The molecular formula is C27H26N8O3. The lowest BCUT2D eigenvalue weighted by Crippen LogP contribution is -2.47. The van der Waals surface area contributed by atoms with Crippen LogP contribution in [0.2, 0.25) is 0 Å². The third-order valence-electron chi connectivity index (χ3n) is 6.17. The summed E-state index contributed by atoms with van der Waals surface area (Å²) in [7, 11) is 1.64. The van der Waals surface area contributed by atoms with Gasteiger partial charge in [0, 0.05) is 37.6 Å². The first-order chi connectivity index (χ1) is 18.6. The van der Waals surface area contributed by atoms with Crippen molar-refractivity contribution < 1.29 is 9.66 Å². The van der Waals surface area contributed by atoms with Gasteiger partial charge < -0.3 is 19.9 Å². The summed E-state index contributed by atoms with van der Waals surface area (Å²) < 4.78 is 5.23. The molecule has 1 aromatic heterocycles. The van der Waals surface area contributed by atoms with Crippen molar-refractivity contribution in [3.05, 3.63) is 95.3 Å². The molecule has 192 valence electrons. The fourth-order valence-electron chi connectivity index (χ4n) is 4.19. The Balaban J connectivity index is 1.29. The van der Waals surface area contributed by atoms with Gasteiger partial charge in [0.1, 0.15) is 12.1 Å². The number of nitrogens with one attached hydrogen (secondary N) is 1. The number of nitro groups is 1. The van der Waals surface area contributed by atoms with E-state index in [0.717, 1.165) is 17.1 Å². The lowest BCUT2D eigenvalue weighted by molar-refractivity contribution is -0.383. The Morgan fingerprint density at radius 3 is 2.11 bits per heavy atom. The van der Waals surface area contributed by atoms with E-state index in [1.807, 2.05) is 59.5 Å². The van der Waals surface area contributed by atoms with Crippen molar-refractivity contribution in [3.8, 4) is 5.75 Å². The van der Waals surface area contributed by atoms with E-state index in [2.05, 4.69) is 30.4 Å². The fourth-order valence-corrected chi connectivity index (χ4v) is 4.19. The maximum atomic E-state index is 12.1. The zero-order valence-corrected chi connectivity index (χ0v) is 20.8. The maximum absolute atomic E-state index is 12.1. The summed E-state index contributed by atoms with van der Waals surface area (Å²) in [6.45, 7) is 2.58. The Morgan fingerprint density at radius 1 is 0.842 bits per heavy atom. The molecule has 3 aromatic carbocycles. The van der Waals surface area contributed by atoms with Gasteiger partial charge >= 0.3 is 5.69 Å². The van der Waals surface area contributed by atoms with E-state index < -0.39 is 4.92 Å². The lowest BCUT2D eigenvalue weighted by Gasteiger charge is -2.36. The molecule has 0 amide bonds. The van der Waals surface area contributed by atoms with Crippen LogP contribution in [0.4, 0.5) is 40.1 Å². The number of aromatic nitrogens is 2. The molecule has 11 nitrogen and oxygen atoms in total. The van der Waals surface area contributed by atoms with Gasteiger partial charge in [0.25, 0.3) is 0 Å². The third-order valence-corrected chi connectivity index (χ3v) is 6.17. The van der Waals surface area contributed by atoms with Gasteiger partial charge in [-0.1, -0.05) is 18.2 Å². The molecule has 1 fully saturated rings. The molecule has 1 aliphatic rings. The van der Waals surface area contributed by atoms with E-state index in [1.165, 1.54) is 6.33 Å². The van der Waals surface area contributed by atoms with Crippen molar-refractivity contribution in [1.82, 2.24) is 9.97 Å². The summed E-state index contributed by atoms with van der Waals surface area (Å²) in [4.78, 5) is 24.3. The predicted octanol–water partition coefficient (Wildman–Crippen LogP) is 5.88. The number of rotatable bonds is 8. The molecule has 1 saturated heterocycles. The number of hydrogen-bond acceptors (Lipinski definition) is 10. The average Bonchev–Trinajstić information content (AvgIpc) is 2.97. The van der Waals surface area contributed by atoms with Crippen LogP contribution < -0.4 is 19.9 Å². The van der Waals surface area contributed by atoms with Crippen molar-refractivity contribution in [3.63, 3.8) is 0 Å². The highest BCUT2D eigenvalue weighted by Crippen LogP contribution is 2.35. The minimum atomic E-state index is -0.435. The largest absolute Gasteiger partial charge is 0.497 e. The second kappa shape index (κ2) is 11.3. The standard InChI is InChI=1S/C27H26N8O3/c1-38-24-13-11-23(12-14-24)33-15-17-34(18-16-33)27-25(35(36)37)26(28-19-29-27)30-20-7-9-22(10-8-20)32-31-21-5-3-2-4-6-21/h2-14,19H,15-18H2,1H3,(H,28,29,30). The first-order valence-corrected chi connectivity index (χ1v) is 12.1. The fraction of sp³-hybridized carbons (Fsp3) is 0.185. The van der Waals surface area contributed by atoms with Crippen LogP contribution in [0, 0.1) is 10.1 Å². The molecule has 0 unspecified atom stereocenters. The minimum Gasteiger partial charge on any atom is -0.497 e. The van der Waals surface area contributed by atoms with Gasteiger partial charge in [0.05, 0.1) is 23.4 Å². The topological polar surface area (TPSA) is 121 Å². The highest BCUT2D eigenvalue weighted by atomic mass is 16.6. The molecule has 0 aliphatic carbocycles. The van der Waals surface area contributed by atoms with Crippen LogP contribution in [-0.4, -0.2) is 48.2 Å². The number of ether oxygens (including phenoxy) is 1. The van der Waals surface area contributed by atoms with Crippen LogP contribution in [0.3, 0.4) is 0 Å². The Hall–Kier alpha value is -5.06. The first kappa shape index (κ1) is 24.6. The van der Waals surface area contributed by atoms with Crippen molar-refractivity contribution in [2.24, 2.45) is 10.2 Å². The van der Waals surface area contributed by atoms with Crippen LogP contribution >= 0.6 is 0 Å². The summed E-state index contributed by atoms with van der Waals surface area (Å²) in [5.41, 5.74) is 2.98. The number of anilines is 4. The van der Waals surface area contributed by atoms with E-state index in [9.17, 15) is 10.1 Å². The molecule has 0 atom stereocenters. The molecule has 11 heteroatoms. The van der Waals surface area contributed by atoms with Crippen molar-refractivity contribution in [2.45, 2.75) is 0 Å². The van der Waals surface area contributed by atoms with Gasteiger partial charge in [-0.15, -0.1) is 0 Å². The van der Waals surface area contributed by atoms with Crippen molar-refractivity contribution >= 4 is 40.1 Å². The van der Waals surface area contributed by atoms with Crippen LogP contribution in [-0.2, 0) is 0 Å². The number of azo groups is 1. The molecule has 0 bridgehead atoms. The monoisotopic (exact) mass is 510 g/mol. The smallest absolute Gasteiger partial charge is 0.353 e. The van der Waals surface area contributed by atoms with Gasteiger partial charge in [0.2, 0.25) is 11.6 Å². The van der Waals surface area contributed by atoms with Crippen LogP contribution in [0.1, 0.15) is 0 Å². The zero-order chi connectivity index (χ0) is 26.3. The Kier molecular flexibility index (Phi) is 7.34. The second-order valence-corrected chi connectivity index (χ2v) is 8.53. The van der Waals surface area contributed by atoms with Crippen molar-refractivity contribution in [1.29, 1.82) is 0 Å². The van der Waals surface area contributed by atoms with E-state index >= 15 is 0 Å². The number of piperazine rings is 1. The molecule has 1 aliphatic heterocycles. The Bertz CT molecular complexity index is 1400. The zero-order valence-electron chi connectivity index (χ0n) is 20.8. The SMILES string of the molecule is COc1ccc(N2CCN(c3ncnc(Nc4ccc(N=Nc5ccccc5)cc4)c3[N+](=O)[O-])CC2)cc1. The summed E-state index contributed by atoms with van der Waals surface area (Å²) >= 11 is 0. The van der Waals surface area contributed by atoms with E-state index in [1.54, 1.807) is 31.4 Å². The molecular weight excluding hydrogens is 484 g/mol. The highest BCUT2D eigenvalue weighted by Gasteiger charge is 2.29. The summed E-state index contributed by atoms with van der Waals surface area (Å²) in [6, 6.07) is 24.4. The van der Waals surface area contributed by atoms with Crippen LogP contribution in [0.15, 0.2) is 95.4 Å². The molecule has 4 aromatic rings. The molecule has 2 heterocycles. The molecule has 5 rings (SSSR count). The second-order valence-electron chi connectivity index (χ2n) is 8.53. The maximum Gasteiger partial charge on any atom is 0.353 e. The summed E-state index contributed by atoms with van der Waals surface area (Å²) in [5.74, 6) is 1.24. The summed E-state index contributed by atoms with van der Waals surface area (Å²) in [5, 5.41) is 23.6. The van der Waals surface area contributed by atoms with E-state index in [4.69, 9.17) is 4.74 Å². The average molecular weight is 511 g/mol. The molecule has 38 heavy (non-hydrogen) atoms. The van der Waals surface area contributed by atoms with Crippen LogP contribution in [0.5, 0.6) is 5.75 Å². The first-order valence-electron chi connectivity index (χ1n) is 12.1. The van der Waals surface area contributed by atoms with Gasteiger partial charge in [-0.25, -0.2) is 9.97 Å². The molecule has 1 N–H and O–H groups in total. The normalized spacial score (nSPS) is 13.5. The number of methoxy groups -OCH3 is 1. The molecule has 0 radical (unpaired) electrons. The number of nitrogens with zero attached hydrogens (tertiary/aromatic N) is 7. The van der Waals surface area contributed by atoms with Gasteiger partial charge in [-0.05, 0) is 60.7 Å². The van der Waals surface area contributed by atoms with Gasteiger partial charge in [-0.3, -0.25) is 10.1 Å². The Morgan fingerprint density at radius 2 is 1.47 bits per heavy atom. The summed E-state index contributed by atoms with van der Waals surface area (Å²) in [6.07, 6.45) is 1.35. The minimum absolute atomic E-state index is 0.135.